The minimum Gasteiger partial charge on any atom is -0.507 e. The van der Waals surface area contributed by atoms with Gasteiger partial charge in [0.2, 0.25) is 0 Å². The number of carbonyl (C=O) groups is 2. The van der Waals surface area contributed by atoms with Crippen LogP contribution in [0, 0.1) is 19.7 Å². The van der Waals surface area contributed by atoms with Crippen molar-refractivity contribution in [1.82, 2.24) is 29.0 Å². The van der Waals surface area contributed by atoms with Gasteiger partial charge in [-0.05, 0) is 119 Å². The van der Waals surface area contributed by atoms with E-state index < -0.39 is 5.97 Å². The summed E-state index contributed by atoms with van der Waals surface area (Å²) in [4.78, 5) is 27.6. The first kappa shape index (κ1) is 40.2. The zero-order chi connectivity index (χ0) is 40.3. The number of allylic oxidation sites excluding steroid dienone is 1. The first-order valence-corrected chi connectivity index (χ1v) is 19.0. The number of methoxy groups -OCH3 is 2. The summed E-state index contributed by atoms with van der Waals surface area (Å²) in [7, 11) is 6.74. The topological polar surface area (TPSA) is 117 Å². The molecule has 0 amide bonds. The third-order valence-electron chi connectivity index (χ3n) is 10.3. The Morgan fingerprint density at radius 1 is 0.964 bits per heavy atom. The second kappa shape index (κ2) is 17.1. The Bertz CT molecular complexity index is 2460. The minimum atomic E-state index is -0.496. The number of rotatable bonds is 15. The van der Waals surface area contributed by atoms with E-state index in [0.29, 0.717) is 59.5 Å². The van der Waals surface area contributed by atoms with Crippen molar-refractivity contribution in [1.29, 1.82) is 0 Å². The van der Waals surface area contributed by atoms with Crippen LogP contribution in [0.15, 0.2) is 54.6 Å². The van der Waals surface area contributed by atoms with Gasteiger partial charge in [-0.25, -0.2) is 9.18 Å². The van der Waals surface area contributed by atoms with Crippen molar-refractivity contribution in [2.24, 2.45) is 0 Å². The van der Waals surface area contributed by atoms with Crippen LogP contribution < -0.4 is 0 Å². The average molecular weight is 783 g/mol. The monoisotopic (exact) mass is 782 g/mol. The highest BCUT2D eigenvalue weighted by Gasteiger charge is 2.28. The lowest BCUT2D eigenvalue weighted by Crippen LogP contribution is -2.20. The molecule has 13 heteroatoms. The summed E-state index contributed by atoms with van der Waals surface area (Å²) >= 11 is 7.06. The molecule has 11 nitrogen and oxygen atoms in total. The molecular weight excluding hydrogens is 735 g/mol. The number of phenolic OH excluding ortho intramolecular Hbond substituents is 1. The molecule has 0 saturated heterocycles. The number of fused-ring (bicyclic) bond motifs is 2. The van der Waals surface area contributed by atoms with Crippen molar-refractivity contribution in [3.63, 3.8) is 0 Å². The minimum absolute atomic E-state index is 0.100. The molecule has 6 aromatic rings. The second-order valence-corrected chi connectivity index (χ2v) is 14.6. The highest BCUT2D eigenvalue weighted by molar-refractivity contribution is 6.35. The average Bonchev–Trinajstić information content (AvgIpc) is 3.81. The van der Waals surface area contributed by atoms with E-state index in [1.54, 1.807) is 12.1 Å². The molecule has 3 heterocycles. The molecule has 0 radical (unpaired) electrons. The second-order valence-electron chi connectivity index (χ2n) is 14.2. The van der Waals surface area contributed by atoms with Crippen molar-refractivity contribution in [2.45, 2.75) is 66.1 Å². The summed E-state index contributed by atoms with van der Waals surface area (Å²) in [5.74, 6) is -1.08. The Labute approximate surface area is 330 Å². The molecule has 56 heavy (non-hydrogen) atoms. The van der Waals surface area contributed by atoms with Crippen LogP contribution in [0.3, 0.4) is 0 Å². The SMILES string of the molecule is CCn1c(C(=O)OC)c(CCC(=O)OC)c2ccc(Cl)c(-c3c(C)c(C)nn3C/C=C/c3cc(CCc4cc(O)c5ccc(F)cc5c4)n(CCN(C)C)n3)c21. The number of aryl methyl sites for hydroxylation is 5. The van der Waals surface area contributed by atoms with Crippen molar-refractivity contribution < 1.29 is 28.6 Å². The highest BCUT2D eigenvalue weighted by atomic mass is 35.5. The number of aromatic nitrogens is 5. The molecule has 294 valence electrons. The molecule has 3 aromatic heterocycles. The number of halogens is 2. The van der Waals surface area contributed by atoms with Gasteiger partial charge in [-0.3, -0.25) is 14.2 Å². The van der Waals surface area contributed by atoms with Gasteiger partial charge in [-0.15, -0.1) is 0 Å². The molecule has 0 fully saturated rings. The Morgan fingerprint density at radius 2 is 1.73 bits per heavy atom. The molecule has 6 rings (SSSR count). The Balaban J connectivity index is 1.34. The highest BCUT2D eigenvalue weighted by Crippen LogP contribution is 2.42. The number of hydrogen-bond donors (Lipinski definition) is 1. The van der Waals surface area contributed by atoms with E-state index in [2.05, 4.69) is 11.0 Å². The van der Waals surface area contributed by atoms with E-state index in [4.69, 9.17) is 31.3 Å². The van der Waals surface area contributed by atoms with Gasteiger partial charge in [-0.2, -0.15) is 10.2 Å². The molecule has 3 aromatic carbocycles. The van der Waals surface area contributed by atoms with Gasteiger partial charge in [0.25, 0.3) is 0 Å². The van der Waals surface area contributed by atoms with Crippen LogP contribution in [0.2, 0.25) is 5.02 Å². The van der Waals surface area contributed by atoms with E-state index in [1.807, 2.05) is 79.1 Å². The summed E-state index contributed by atoms with van der Waals surface area (Å²) in [6, 6.07) is 13.8. The fourth-order valence-electron chi connectivity index (χ4n) is 7.39. The standard InChI is InChI=1S/C43H48ClFN6O5/c1-8-49-41-34(35(16-18-38(53)55-6)42(49)43(54)56-7)15-17-36(44)39(41)40-26(2)27(3)46-51(40)19-9-10-31-25-32(50(47-31)21-20-48(4)5)13-11-28-22-29-24-30(45)12-14-33(29)37(52)23-28/h9-10,12,14-15,17,22-25,52H,8,11,13,16,18-21H2,1-7H3/b10-9+. The van der Waals surface area contributed by atoms with E-state index in [1.165, 1.54) is 26.4 Å². The molecular formula is C43H48ClFN6O5. The van der Waals surface area contributed by atoms with Crippen LogP contribution in [-0.2, 0) is 53.2 Å². The van der Waals surface area contributed by atoms with E-state index in [-0.39, 0.29) is 30.4 Å². The zero-order valence-electron chi connectivity index (χ0n) is 32.9. The lowest BCUT2D eigenvalue weighted by Gasteiger charge is -2.14. The predicted molar refractivity (Wildman–Crippen MR) is 218 cm³/mol. The van der Waals surface area contributed by atoms with Gasteiger partial charge in [0.1, 0.15) is 17.3 Å². The lowest BCUT2D eigenvalue weighted by atomic mass is 10.00. The van der Waals surface area contributed by atoms with Gasteiger partial charge in [-0.1, -0.05) is 29.8 Å². The molecule has 0 spiro atoms. The number of phenols is 1. The predicted octanol–water partition coefficient (Wildman–Crippen LogP) is 7.94. The third-order valence-corrected chi connectivity index (χ3v) is 10.6. The number of likely N-dealkylation sites (N-methyl/N-ethyl adjacent to an activating group) is 1. The van der Waals surface area contributed by atoms with Gasteiger partial charge < -0.3 is 24.0 Å². The van der Waals surface area contributed by atoms with Gasteiger partial charge in [0.15, 0.2) is 0 Å². The number of carbonyl (C=O) groups excluding carboxylic acids is 2. The Kier molecular flexibility index (Phi) is 12.3. The summed E-state index contributed by atoms with van der Waals surface area (Å²) in [5.41, 5.74) is 7.94. The quantitative estimate of drug-likeness (QED) is 0.104. The zero-order valence-corrected chi connectivity index (χ0v) is 33.7. The molecule has 0 saturated carbocycles. The lowest BCUT2D eigenvalue weighted by molar-refractivity contribution is -0.140. The Hall–Kier alpha value is -5.46. The number of hydrogen-bond acceptors (Lipinski definition) is 8. The number of esters is 2. The summed E-state index contributed by atoms with van der Waals surface area (Å²) in [6.07, 6.45) is 5.69. The first-order valence-electron chi connectivity index (χ1n) is 18.7. The molecule has 0 atom stereocenters. The Morgan fingerprint density at radius 3 is 2.45 bits per heavy atom. The molecule has 1 N–H and O–H groups in total. The van der Waals surface area contributed by atoms with Crippen LogP contribution in [0.5, 0.6) is 5.75 Å². The molecule has 0 bridgehead atoms. The van der Waals surface area contributed by atoms with Crippen molar-refractivity contribution in [3.05, 3.63) is 105 Å². The third kappa shape index (κ3) is 8.22. The number of nitrogens with zero attached hydrogens (tertiary/aromatic N) is 6. The number of ether oxygens (including phenoxy) is 2. The molecule has 0 aliphatic carbocycles. The molecule has 0 unspecified atom stereocenters. The number of aromatic hydroxyl groups is 1. The maximum atomic E-state index is 14.0. The van der Waals surface area contributed by atoms with Crippen LogP contribution >= 0.6 is 11.6 Å². The largest absolute Gasteiger partial charge is 0.507 e. The maximum absolute atomic E-state index is 14.0. The van der Waals surface area contributed by atoms with Crippen molar-refractivity contribution >= 4 is 51.3 Å². The first-order chi connectivity index (χ1) is 26.8. The maximum Gasteiger partial charge on any atom is 0.354 e. The van der Waals surface area contributed by atoms with Gasteiger partial charge in [0.05, 0.1) is 54.9 Å². The summed E-state index contributed by atoms with van der Waals surface area (Å²) in [6.45, 7) is 8.29. The smallest absolute Gasteiger partial charge is 0.354 e. The summed E-state index contributed by atoms with van der Waals surface area (Å²) < 4.78 is 30.0. The fourth-order valence-corrected chi connectivity index (χ4v) is 7.63. The summed E-state index contributed by atoms with van der Waals surface area (Å²) in [5, 5.41) is 23.1. The van der Waals surface area contributed by atoms with Crippen LogP contribution in [0.25, 0.3) is 39.0 Å². The van der Waals surface area contributed by atoms with Crippen LogP contribution in [0.1, 0.15) is 57.6 Å². The molecule has 0 aliphatic rings. The van der Waals surface area contributed by atoms with Crippen LogP contribution in [-0.4, -0.2) is 80.9 Å². The van der Waals surface area contributed by atoms with E-state index >= 15 is 0 Å². The van der Waals surface area contributed by atoms with Crippen LogP contribution in [0.4, 0.5) is 4.39 Å². The van der Waals surface area contributed by atoms with E-state index in [9.17, 15) is 19.1 Å². The van der Waals surface area contributed by atoms with E-state index in [0.717, 1.165) is 56.9 Å². The van der Waals surface area contributed by atoms with Crippen molar-refractivity contribution in [2.75, 3.05) is 34.9 Å². The normalized spacial score (nSPS) is 11.8. The molecule has 0 aliphatic heterocycles. The fraction of sp³-hybridized carbons (Fsp3) is 0.349. The number of benzene rings is 3. The van der Waals surface area contributed by atoms with Gasteiger partial charge >= 0.3 is 11.9 Å². The van der Waals surface area contributed by atoms with Gasteiger partial charge in [0, 0.05) is 41.5 Å². The van der Waals surface area contributed by atoms with Crippen molar-refractivity contribution in [3.8, 4) is 17.0 Å².